The lowest BCUT2D eigenvalue weighted by Crippen LogP contribution is -2.27. The second kappa shape index (κ2) is 8.30. The maximum atomic E-state index is 13.4. The highest BCUT2D eigenvalue weighted by molar-refractivity contribution is 6.33. The van der Waals surface area contributed by atoms with Crippen LogP contribution in [-0.4, -0.2) is 37.6 Å². The lowest BCUT2D eigenvalue weighted by atomic mass is 10.1. The maximum absolute atomic E-state index is 13.4. The Kier molecular flexibility index (Phi) is 5.66. The molecule has 2 aromatic heterocycles. The zero-order valence-corrected chi connectivity index (χ0v) is 22.8. The second-order valence-electron chi connectivity index (χ2n) is 11.0. The Hall–Kier alpha value is -3.42. The van der Waals surface area contributed by atoms with Crippen LogP contribution in [0, 0.1) is 0 Å². The molecule has 0 bridgehead atoms. The number of ether oxygens (including phenoxy) is 2. The van der Waals surface area contributed by atoms with Crippen LogP contribution in [0.25, 0.3) is 43.6 Å². The van der Waals surface area contributed by atoms with Crippen LogP contribution < -0.4 is 0 Å². The van der Waals surface area contributed by atoms with E-state index in [2.05, 4.69) is 0 Å². The first kappa shape index (κ1) is 25.2. The topological polar surface area (TPSA) is 82.7 Å². The normalized spacial score (nSPS) is 12.6. The van der Waals surface area contributed by atoms with Crippen LogP contribution in [0.5, 0.6) is 5.75 Å². The summed E-state index contributed by atoms with van der Waals surface area (Å²) in [6, 6.07) is 12.0. The molecule has 0 aliphatic carbocycles. The highest BCUT2D eigenvalue weighted by Crippen LogP contribution is 2.44. The monoisotopic (exact) mass is 540 g/mol. The molecule has 7 nitrogen and oxygen atoms in total. The first-order chi connectivity index (χ1) is 17.2. The Bertz CT molecular complexity index is 1640. The van der Waals surface area contributed by atoms with Crippen molar-refractivity contribution in [3.8, 4) is 5.75 Å². The van der Waals surface area contributed by atoms with Crippen molar-refractivity contribution in [2.45, 2.75) is 52.7 Å². The van der Waals surface area contributed by atoms with Crippen molar-refractivity contribution >= 4 is 79.0 Å². The van der Waals surface area contributed by atoms with Gasteiger partial charge in [0.15, 0.2) is 5.75 Å². The lowest BCUT2D eigenvalue weighted by Gasteiger charge is -2.21. The van der Waals surface area contributed by atoms with E-state index in [-0.39, 0.29) is 16.8 Å². The number of hydrogen-bond donors (Lipinski definition) is 1. The SMILES string of the molecule is CC(C)(C)OC(=O)n1c2ccc(Cl)cc2c2cc3c4cc(Cl)ccc4n(C(=O)OC(C)(C)C)c3c(O)c21. The molecular formula is C28H26Cl2N2O5. The van der Waals surface area contributed by atoms with E-state index in [0.29, 0.717) is 42.6 Å². The quantitative estimate of drug-likeness (QED) is 0.213. The number of carbonyl (C=O) groups is 2. The zero-order chi connectivity index (χ0) is 27.0. The number of fused-ring (bicyclic) bond motifs is 6. The molecular weight excluding hydrogens is 515 g/mol. The van der Waals surface area contributed by atoms with Crippen molar-refractivity contribution in [3.63, 3.8) is 0 Å². The van der Waals surface area contributed by atoms with Gasteiger partial charge in [-0.25, -0.2) is 18.7 Å². The van der Waals surface area contributed by atoms with Gasteiger partial charge in [-0.1, -0.05) is 23.2 Å². The van der Waals surface area contributed by atoms with Gasteiger partial charge >= 0.3 is 12.2 Å². The lowest BCUT2D eigenvalue weighted by molar-refractivity contribution is 0.0541. The average molecular weight is 541 g/mol. The van der Waals surface area contributed by atoms with Gasteiger partial charge in [-0.15, -0.1) is 0 Å². The highest BCUT2D eigenvalue weighted by atomic mass is 35.5. The smallest absolute Gasteiger partial charge is 0.419 e. The van der Waals surface area contributed by atoms with Crippen LogP contribution in [-0.2, 0) is 9.47 Å². The van der Waals surface area contributed by atoms with E-state index < -0.39 is 23.4 Å². The fourth-order valence-electron chi connectivity index (χ4n) is 4.58. The van der Waals surface area contributed by atoms with Gasteiger partial charge in [0, 0.05) is 31.6 Å². The Balaban J connectivity index is 1.98. The van der Waals surface area contributed by atoms with Gasteiger partial charge in [0.1, 0.15) is 22.2 Å². The van der Waals surface area contributed by atoms with Gasteiger partial charge in [0.05, 0.1) is 11.0 Å². The molecule has 3 aromatic carbocycles. The number of carbonyl (C=O) groups excluding carboxylic acids is 2. The molecule has 5 rings (SSSR count). The summed E-state index contributed by atoms with van der Waals surface area (Å²) in [5.74, 6) is -0.274. The molecule has 0 unspecified atom stereocenters. The van der Waals surface area contributed by atoms with Crippen LogP contribution in [0.15, 0.2) is 42.5 Å². The van der Waals surface area contributed by atoms with Crippen molar-refractivity contribution in [1.82, 2.24) is 9.13 Å². The number of benzene rings is 3. The predicted molar refractivity (Wildman–Crippen MR) is 147 cm³/mol. The van der Waals surface area contributed by atoms with E-state index in [1.165, 1.54) is 9.13 Å². The van der Waals surface area contributed by atoms with E-state index in [4.69, 9.17) is 32.7 Å². The molecule has 192 valence electrons. The summed E-state index contributed by atoms with van der Waals surface area (Å²) in [4.78, 5) is 26.9. The minimum Gasteiger partial charge on any atom is -0.504 e. The van der Waals surface area contributed by atoms with Gasteiger partial charge < -0.3 is 14.6 Å². The molecule has 0 saturated heterocycles. The summed E-state index contributed by atoms with van der Waals surface area (Å²) in [7, 11) is 0. The number of rotatable bonds is 0. The van der Waals surface area contributed by atoms with Crippen LogP contribution in [0.1, 0.15) is 41.5 Å². The zero-order valence-electron chi connectivity index (χ0n) is 21.3. The van der Waals surface area contributed by atoms with Gasteiger partial charge in [-0.05, 0) is 84.0 Å². The molecule has 0 aliphatic heterocycles. The van der Waals surface area contributed by atoms with E-state index in [1.54, 1.807) is 77.9 Å². The second-order valence-corrected chi connectivity index (χ2v) is 11.8. The largest absolute Gasteiger partial charge is 0.504 e. The van der Waals surface area contributed by atoms with Crippen LogP contribution >= 0.6 is 23.2 Å². The van der Waals surface area contributed by atoms with E-state index in [9.17, 15) is 14.7 Å². The Morgan fingerprint density at radius 3 is 1.41 bits per heavy atom. The Morgan fingerprint density at radius 2 is 1.05 bits per heavy atom. The minimum atomic E-state index is -0.783. The third-order valence-corrected chi connectivity index (χ3v) is 6.30. The third kappa shape index (κ3) is 4.26. The molecule has 0 radical (unpaired) electrons. The number of aromatic hydroxyl groups is 1. The molecule has 0 spiro atoms. The van der Waals surface area contributed by atoms with E-state index in [0.717, 1.165) is 0 Å². The number of phenolic OH excluding ortho intramolecular Hbond substituents is 1. The summed E-state index contributed by atoms with van der Waals surface area (Å²) in [5, 5.41) is 15.1. The summed E-state index contributed by atoms with van der Waals surface area (Å²) in [6.45, 7) is 10.6. The molecule has 2 heterocycles. The van der Waals surface area contributed by atoms with Gasteiger partial charge in [-0.2, -0.15) is 0 Å². The Morgan fingerprint density at radius 1 is 0.676 bits per heavy atom. The number of aromatic nitrogens is 2. The number of halogens is 2. The summed E-state index contributed by atoms with van der Waals surface area (Å²) < 4.78 is 14.0. The van der Waals surface area contributed by atoms with Crippen molar-refractivity contribution in [2.24, 2.45) is 0 Å². The van der Waals surface area contributed by atoms with Crippen molar-refractivity contribution in [3.05, 3.63) is 52.5 Å². The van der Waals surface area contributed by atoms with Crippen LogP contribution in [0.3, 0.4) is 0 Å². The molecule has 0 atom stereocenters. The predicted octanol–water partition coefficient (Wildman–Crippen LogP) is 8.48. The van der Waals surface area contributed by atoms with Gasteiger partial charge in [-0.3, -0.25) is 0 Å². The Labute approximate surface area is 223 Å². The van der Waals surface area contributed by atoms with Gasteiger partial charge in [0.2, 0.25) is 0 Å². The van der Waals surface area contributed by atoms with Crippen molar-refractivity contribution in [1.29, 1.82) is 0 Å². The average Bonchev–Trinajstić information content (AvgIpc) is 3.25. The third-order valence-electron chi connectivity index (χ3n) is 5.83. The summed E-state index contributed by atoms with van der Waals surface area (Å²) in [6.07, 6.45) is -1.35. The standard InChI is InChI=1S/C28H26Cl2N2O5/c1-27(2,3)36-25(34)31-20-9-7-14(29)11-16(20)18-13-19-17-12-15(30)8-10-21(17)32(23(19)24(33)22(18)31)26(35)37-28(4,5)6/h7-13,33H,1-6H3. The number of nitrogens with zero attached hydrogens (tertiary/aromatic N) is 2. The van der Waals surface area contributed by atoms with E-state index in [1.807, 2.05) is 6.07 Å². The molecule has 1 N–H and O–H groups in total. The summed E-state index contributed by atoms with van der Waals surface area (Å²) >= 11 is 12.6. The number of hydrogen-bond acceptors (Lipinski definition) is 5. The maximum Gasteiger partial charge on any atom is 0.419 e. The van der Waals surface area contributed by atoms with Gasteiger partial charge in [0.25, 0.3) is 0 Å². The molecule has 9 heteroatoms. The molecule has 0 saturated carbocycles. The van der Waals surface area contributed by atoms with Crippen molar-refractivity contribution in [2.75, 3.05) is 0 Å². The highest BCUT2D eigenvalue weighted by Gasteiger charge is 2.30. The number of phenols is 1. The van der Waals surface area contributed by atoms with Crippen molar-refractivity contribution < 1.29 is 24.2 Å². The molecule has 0 fully saturated rings. The molecule has 37 heavy (non-hydrogen) atoms. The minimum absolute atomic E-state index is 0.192. The first-order valence-electron chi connectivity index (χ1n) is 11.7. The summed E-state index contributed by atoms with van der Waals surface area (Å²) in [5.41, 5.74) is -0.177. The fourth-order valence-corrected chi connectivity index (χ4v) is 4.93. The first-order valence-corrected chi connectivity index (χ1v) is 12.5. The fraction of sp³-hybridized carbons (Fsp3) is 0.286. The molecule has 0 amide bonds. The van der Waals surface area contributed by atoms with Crippen LogP contribution in [0.4, 0.5) is 9.59 Å². The molecule has 0 aliphatic rings. The van der Waals surface area contributed by atoms with E-state index >= 15 is 0 Å². The molecule has 5 aromatic rings. The van der Waals surface area contributed by atoms with Crippen LogP contribution in [0.2, 0.25) is 10.0 Å².